The quantitative estimate of drug-likeness (QED) is 0.297. The highest BCUT2D eigenvalue weighted by Crippen LogP contribution is 2.43. The van der Waals surface area contributed by atoms with Crippen molar-refractivity contribution in [1.82, 2.24) is 0 Å². The van der Waals surface area contributed by atoms with E-state index in [4.69, 9.17) is 23.4 Å². The Morgan fingerprint density at radius 3 is 2.21 bits per heavy atom. The maximum atomic E-state index is 13.4. The molecule has 4 rings (SSSR count). The number of aromatic hydroxyl groups is 3. The third-order valence-corrected chi connectivity index (χ3v) is 5.35. The summed E-state index contributed by atoms with van der Waals surface area (Å²) in [6.07, 6.45) is -6.31. The number of phenols is 3. The molecule has 1 aliphatic rings. The molecular weight excluding hydrogens is 456 g/mol. The van der Waals surface area contributed by atoms with E-state index in [0.29, 0.717) is 0 Å². The fourth-order valence-corrected chi connectivity index (χ4v) is 3.59. The van der Waals surface area contributed by atoms with Crippen molar-refractivity contribution in [1.29, 1.82) is 0 Å². The van der Waals surface area contributed by atoms with Gasteiger partial charge in [-0.3, -0.25) is 4.79 Å². The van der Waals surface area contributed by atoms with Gasteiger partial charge in [0.05, 0.1) is 20.8 Å². The fourth-order valence-electron chi connectivity index (χ4n) is 3.59. The van der Waals surface area contributed by atoms with E-state index in [-0.39, 0.29) is 45.3 Å². The summed E-state index contributed by atoms with van der Waals surface area (Å²) in [5.41, 5.74) is -0.971. The molecule has 2 heterocycles. The van der Waals surface area contributed by atoms with Crippen molar-refractivity contribution in [2.24, 2.45) is 0 Å². The molecule has 6 N–H and O–H groups in total. The highest BCUT2D eigenvalue weighted by atomic mass is 16.7. The van der Waals surface area contributed by atoms with Crippen LogP contribution in [0.25, 0.3) is 22.3 Å². The minimum Gasteiger partial charge on any atom is -0.508 e. The van der Waals surface area contributed by atoms with Gasteiger partial charge < -0.3 is 54.0 Å². The van der Waals surface area contributed by atoms with Gasteiger partial charge in [-0.1, -0.05) is 0 Å². The summed E-state index contributed by atoms with van der Waals surface area (Å²) >= 11 is 0. The normalized spacial score (nSPS) is 22.5. The van der Waals surface area contributed by atoms with Gasteiger partial charge in [0, 0.05) is 17.7 Å². The summed E-state index contributed by atoms with van der Waals surface area (Å²) in [7, 11) is 2.59. The van der Waals surface area contributed by atoms with Crippen molar-refractivity contribution in [3.63, 3.8) is 0 Å². The Morgan fingerprint density at radius 2 is 1.59 bits per heavy atom. The maximum Gasteiger partial charge on any atom is 0.239 e. The molecule has 12 heteroatoms. The van der Waals surface area contributed by atoms with Gasteiger partial charge in [0.25, 0.3) is 0 Å². The molecule has 3 aromatic rings. The summed E-state index contributed by atoms with van der Waals surface area (Å²) < 4.78 is 26.9. The Morgan fingerprint density at radius 1 is 0.941 bits per heavy atom. The lowest BCUT2D eigenvalue weighted by molar-refractivity contribution is -0.242. The predicted octanol–water partition coefficient (Wildman–Crippen LogP) is 0.412. The maximum absolute atomic E-state index is 13.4. The van der Waals surface area contributed by atoms with Crippen LogP contribution in [0.2, 0.25) is 0 Å². The van der Waals surface area contributed by atoms with E-state index in [0.717, 1.165) is 12.1 Å². The largest absolute Gasteiger partial charge is 0.508 e. The monoisotopic (exact) mass is 478 g/mol. The Bertz CT molecular complexity index is 1260. The van der Waals surface area contributed by atoms with E-state index in [1.165, 1.54) is 26.4 Å². The average Bonchev–Trinajstić information content (AvgIpc) is 2.80. The van der Waals surface area contributed by atoms with Crippen LogP contribution >= 0.6 is 0 Å². The van der Waals surface area contributed by atoms with Gasteiger partial charge in [-0.05, 0) is 12.1 Å². The summed E-state index contributed by atoms with van der Waals surface area (Å²) in [6.45, 7) is -0.392. The highest BCUT2D eigenvalue weighted by Gasteiger charge is 2.40. The number of rotatable bonds is 5. The Balaban J connectivity index is 1.96. The zero-order valence-corrected chi connectivity index (χ0v) is 18.0. The molecule has 4 atom stereocenters. The predicted molar refractivity (Wildman–Crippen MR) is 114 cm³/mol. The van der Waals surface area contributed by atoms with Gasteiger partial charge in [-0.25, -0.2) is 0 Å². The van der Waals surface area contributed by atoms with Gasteiger partial charge in [-0.2, -0.15) is 0 Å². The van der Waals surface area contributed by atoms with Crippen LogP contribution in [0.4, 0.5) is 0 Å². The molecule has 0 aliphatic carbocycles. The molecule has 182 valence electrons. The second-order valence-corrected chi connectivity index (χ2v) is 7.52. The lowest BCUT2D eigenvalue weighted by Crippen LogP contribution is -2.55. The van der Waals surface area contributed by atoms with Crippen LogP contribution < -0.4 is 19.6 Å². The van der Waals surface area contributed by atoms with Gasteiger partial charge in [-0.15, -0.1) is 0 Å². The van der Waals surface area contributed by atoms with Crippen molar-refractivity contribution in [3.05, 3.63) is 34.5 Å². The third-order valence-electron chi connectivity index (χ3n) is 5.35. The van der Waals surface area contributed by atoms with Crippen LogP contribution in [0.3, 0.4) is 0 Å². The molecule has 0 bridgehead atoms. The number of phenolic OH excluding ortho intramolecular Hbond substituents is 3. The summed E-state index contributed by atoms with van der Waals surface area (Å²) in [4.78, 5) is 13.4. The van der Waals surface area contributed by atoms with Crippen molar-refractivity contribution in [2.45, 2.75) is 24.6 Å². The molecule has 0 saturated carbocycles. The number of aliphatic hydroxyl groups excluding tert-OH is 3. The second-order valence-electron chi connectivity index (χ2n) is 7.52. The molecular formula is C22H22O12. The van der Waals surface area contributed by atoms with Crippen LogP contribution in [-0.2, 0) is 4.74 Å². The molecule has 0 unspecified atom stereocenters. The number of aliphatic hydroxyl groups is 3. The summed E-state index contributed by atoms with van der Waals surface area (Å²) in [5.74, 6) is -2.15. The van der Waals surface area contributed by atoms with Gasteiger partial charge in [0.15, 0.2) is 17.3 Å². The van der Waals surface area contributed by atoms with Crippen LogP contribution in [0.5, 0.6) is 34.5 Å². The van der Waals surface area contributed by atoms with Crippen molar-refractivity contribution in [3.8, 4) is 45.8 Å². The second kappa shape index (κ2) is 8.91. The van der Waals surface area contributed by atoms with Gasteiger partial charge in [0.2, 0.25) is 23.2 Å². The first-order valence-electron chi connectivity index (χ1n) is 9.96. The van der Waals surface area contributed by atoms with Crippen LogP contribution in [0.15, 0.2) is 33.5 Å². The Hall–Kier alpha value is -3.71. The van der Waals surface area contributed by atoms with E-state index in [1.54, 1.807) is 0 Å². The molecule has 1 fully saturated rings. The average molecular weight is 478 g/mol. The van der Waals surface area contributed by atoms with Gasteiger partial charge >= 0.3 is 0 Å². The number of ether oxygens (including phenoxy) is 4. The first kappa shape index (κ1) is 23.4. The minimum atomic E-state index is -1.73. The molecule has 0 radical (unpaired) electrons. The van der Waals surface area contributed by atoms with E-state index in [9.17, 15) is 35.4 Å². The van der Waals surface area contributed by atoms with Crippen LogP contribution in [0, 0.1) is 0 Å². The molecule has 1 aliphatic heterocycles. The standard InChI is InChI=1S/C22H22O12/c1-30-13-3-8(4-14(31-2)17(13)27)20-21(34-22-19(29)16(26)11(25)7-32-22)18(28)15-10(24)5-9(23)6-12(15)33-20/h3-6,11,16,19,22-27,29H,7H2,1-2H3/t11-,16-,19+,22+/m1/s1. The lowest BCUT2D eigenvalue weighted by atomic mass is 10.1. The molecule has 0 amide bonds. The molecule has 1 aromatic heterocycles. The summed E-state index contributed by atoms with van der Waals surface area (Å²) in [6, 6.07) is 4.66. The Labute approximate surface area is 191 Å². The lowest BCUT2D eigenvalue weighted by Gasteiger charge is -2.34. The molecule has 2 aromatic carbocycles. The molecule has 34 heavy (non-hydrogen) atoms. The third kappa shape index (κ3) is 3.92. The number of hydrogen-bond donors (Lipinski definition) is 6. The van der Waals surface area contributed by atoms with E-state index >= 15 is 0 Å². The first-order valence-corrected chi connectivity index (χ1v) is 9.96. The zero-order valence-electron chi connectivity index (χ0n) is 18.0. The zero-order chi connectivity index (χ0) is 24.7. The van der Waals surface area contributed by atoms with Crippen LogP contribution in [0.1, 0.15) is 0 Å². The number of fused-ring (bicyclic) bond motifs is 1. The summed E-state index contributed by atoms with van der Waals surface area (Å²) in [5, 5.41) is 59.9. The van der Waals surface area contributed by atoms with Crippen molar-refractivity contribution < 1.29 is 54.0 Å². The first-order chi connectivity index (χ1) is 16.2. The molecule has 0 spiro atoms. The van der Waals surface area contributed by atoms with E-state index in [2.05, 4.69) is 0 Å². The van der Waals surface area contributed by atoms with Gasteiger partial charge in [0.1, 0.15) is 40.8 Å². The Kier molecular flexibility index (Phi) is 6.15. The SMILES string of the molecule is COc1cc(-c2oc3cc(O)cc(O)c3c(=O)c2O[C@@H]2OC[C@@H](O)[C@@H](O)[C@@H]2O)cc(OC)c1O. The topological polar surface area (TPSA) is 189 Å². The number of methoxy groups -OCH3 is 2. The fraction of sp³-hybridized carbons (Fsp3) is 0.318. The van der Waals surface area contributed by atoms with Crippen molar-refractivity contribution in [2.75, 3.05) is 20.8 Å². The van der Waals surface area contributed by atoms with E-state index < -0.39 is 48.1 Å². The highest BCUT2D eigenvalue weighted by molar-refractivity contribution is 5.88. The molecule has 12 nitrogen and oxygen atoms in total. The number of benzene rings is 2. The van der Waals surface area contributed by atoms with Crippen molar-refractivity contribution >= 4 is 11.0 Å². The minimum absolute atomic E-state index is 0.0331. The van der Waals surface area contributed by atoms with E-state index in [1.807, 2.05) is 0 Å². The molecule has 1 saturated heterocycles. The van der Waals surface area contributed by atoms with Crippen LogP contribution in [-0.4, -0.2) is 76.1 Å². The smallest absolute Gasteiger partial charge is 0.239 e. The number of hydrogen-bond acceptors (Lipinski definition) is 12.